The van der Waals surface area contributed by atoms with Crippen molar-refractivity contribution in [3.8, 4) is 0 Å². The van der Waals surface area contributed by atoms with Crippen molar-refractivity contribution in [3.05, 3.63) is 12.2 Å². The first kappa shape index (κ1) is 13.9. The largest absolute Gasteiger partial charge is 0.393 e. The lowest BCUT2D eigenvalue weighted by molar-refractivity contribution is -0.152. The second kappa shape index (κ2) is 8.04. The highest BCUT2D eigenvalue weighted by atomic mass is 16.6. The van der Waals surface area contributed by atoms with Crippen LogP contribution in [-0.2, 0) is 14.3 Å². The summed E-state index contributed by atoms with van der Waals surface area (Å²) in [7, 11) is 0. The minimum atomic E-state index is -0.399. The van der Waals surface area contributed by atoms with Crippen molar-refractivity contribution in [1.29, 1.82) is 0 Å². The highest BCUT2D eigenvalue weighted by Crippen LogP contribution is 2.17. The molecule has 1 saturated heterocycles. The molecule has 1 aliphatic heterocycles. The molecule has 3 heteroatoms. The van der Waals surface area contributed by atoms with Gasteiger partial charge in [-0.25, -0.2) is 0 Å². The van der Waals surface area contributed by atoms with Gasteiger partial charge in [-0.2, -0.15) is 0 Å². The topological polar surface area (TPSA) is 43.4 Å². The minimum Gasteiger partial charge on any atom is -0.393 e. The van der Waals surface area contributed by atoms with Crippen molar-refractivity contribution >= 4 is 11.9 Å². The Morgan fingerprint density at radius 1 is 1.18 bits per heavy atom. The van der Waals surface area contributed by atoms with Crippen LogP contribution in [0, 0.1) is 5.92 Å². The number of rotatable bonds is 8. The van der Waals surface area contributed by atoms with Gasteiger partial charge < -0.3 is 4.74 Å². The lowest BCUT2D eigenvalue weighted by atomic mass is 10.1. The third-order valence-corrected chi connectivity index (χ3v) is 3.00. The Morgan fingerprint density at radius 3 is 2.53 bits per heavy atom. The Morgan fingerprint density at radius 2 is 1.88 bits per heavy atom. The summed E-state index contributed by atoms with van der Waals surface area (Å²) >= 11 is 0. The molecule has 0 radical (unpaired) electrons. The minimum absolute atomic E-state index is 0.214. The van der Waals surface area contributed by atoms with Gasteiger partial charge in [0.1, 0.15) is 0 Å². The molecule has 0 unspecified atom stereocenters. The van der Waals surface area contributed by atoms with E-state index in [4.69, 9.17) is 0 Å². The normalized spacial score (nSPS) is 20.2. The number of carbonyl (C=O) groups is 2. The Kier molecular flexibility index (Phi) is 6.60. The SMILES string of the molecule is CCCCCCCC/C=C\[C@H]1CC(=O)OC1=O. The van der Waals surface area contributed by atoms with Crippen LogP contribution in [0.25, 0.3) is 0 Å². The first-order valence-corrected chi connectivity index (χ1v) is 6.65. The zero-order chi connectivity index (χ0) is 12.5. The van der Waals surface area contributed by atoms with Crippen LogP contribution in [-0.4, -0.2) is 11.9 Å². The standard InChI is InChI=1S/C14H22O3/c1-2-3-4-5-6-7-8-9-10-12-11-13(15)17-14(12)16/h9-10,12H,2-8,11H2,1H3/b10-9-/t12-/m0/s1. The number of unbranched alkanes of at least 4 members (excludes halogenated alkanes) is 6. The van der Waals surface area contributed by atoms with Crippen molar-refractivity contribution in [2.24, 2.45) is 5.92 Å². The van der Waals surface area contributed by atoms with E-state index in [0.29, 0.717) is 0 Å². The molecule has 1 rings (SSSR count). The first-order valence-electron chi connectivity index (χ1n) is 6.65. The van der Waals surface area contributed by atoms with E-state index >= 15 is 0 Å². The van der Waals surface area contributed by atoms with Crippen LogP contribution in [0.15, 0.2) is 12.2 Å². The van der Waals surface area contributed by atoms with Gasteiger partial charge in [0, 0.05) is 0 Å². The van der Waals surface area contributed by atoms with Crippen molar-refractivity contribution in [2.75, 3.05) is 0 Å². The average molecular weight is 238 g/mol. The molecule has 1 aliphatic rings. The molecular formula is C14H22O3. The van der Waals surface area contributed by atoms with Gasteiger partial charge in [-0.3, -0.25) is 9.59 Å². The predicted molar refractivity (Wildman–Crippen MR) is 66.3 cm³/mol. The molecule has 3 nitrogen and oxygen atoms in total. The van der Waals surface area contributed by atoms with Crippen molar-refractivity contribution in [2.45, 2.75) is 58.3 Å². The number of carbonyl (C=O) groups excluding carboxylic acids is 2. The third kappa shape index (κ3) is 5.66. The van der Waals surface area contributed by atoms with E-state index < -0.39 is 11.9 Å². The molecule has 1 atom stereocenters. The number of allylic oxidation sites excluding steroid dienone is 1. The molecule has 1 fully saturated rings. The van der Waals surface area contributed by atoms with E-state index in [9.17, 15) is 9.59 Å². The molecule has 0 bridgehead atoms. The summed E-state index contributed by atoms with van der Waals surface area (Å²) in [6.45, 7) is 2.21. The van der Waals surface area contributed by atoms with Crippen LogP contribution in [0.3, 0.4) is 0 Å². The van der Waals surface area contributed by atoms with E-state index in [1.54, 1.807) is 0 Å². The quantitative estimate of drug-likeness (QED) is 0.282. The Balaban J connectivity index is 2.02. The van der Waals surface area contributed by atoms with E-state index in [1.807, 2.05) is 12.2 Å². The number of esters is 2. The molecule has 1 heterocycles. The predicted octanol–water partition coefficient (Wildman–Crippen LogP) is 3.38. The smallest absolute Gasteiger partial charge is 0.321 e. The van der Waals surface area contributed by atoms with Crippen molar-refractivity contribution in [3.63, 3.8) is 0 Å². The zero-order valence-electron chi connectivity index (χ0n) is 10.6. The highest BCUT2D eigenvalue weighted by Gasteiger charge is 2.30. The number of hydrogen-bond acceptors (Lipinski definition) is 3. The summed E-state index contributed by atoms with van der Waals surface area (Å²) in [6.07, 6.45) is 12.7. The van der Waals surface area contributed by atoms with Crippen molar-refractivity contribution in [1.82, 2.24) is 0 Å². The van der Waals surface area contributed by atoms with Gasteiger partial charge in [0.15, 0.2) is 0 Å². The molecule has 0 saturated carbocycles. The van der Waals surface area contributed by atoms with Crippen LogP contribution in [0.2, 0.25) is 0 Å². The van der Waals surface area contributed by atoms with E-state index in [0.717, 1.165) is 12.8 Å². The Labute approximate surface area is 103 Å². The third-order valence-electron chi connectivity index (χ3n) is 3.00. The lowest BCUT2D eigenvalue weighted by Gasteiger charge is -1.98. The Hall–Kier alpha value is -1.12. The summed E-state index contributed by atoms with van der Waals surface area (Å²) < 4.78 is 4.47. The second-order valence-corrected chi connectivity index (χ2v) is 4.59. The fraction of sp³-hybridized carbons (Fsp3) is 0.714. The number of cyclic esters (lactones) is 2. The van der Waals surface area contributed by atoms with Gasteiger partial charge in [-0.05, 0) is 12.8 Å². The fourth-order valence-electron chi connectivity index (χ4n) is 1.94. The summed E-state index contributed by atoms with van der Waals surface area (Å²) in [4.78, 5) is 22.0. The van der Waals surface area contributed by atoms with Gasteiger partial charge in [-0.1, -0.05) is 51.2 Å². The van der Waals surface area contributed by atoms with Crippen LogP contribution in [0.1, 0.15) is 58.3 Å². The zero-order valence-corrected chi connectivity index (χ0v) is 10.6. The molecule has 0 amide bonds. The second-order valence-electron chi connectivity index (χ2n) is 4.59. The monoisotopic (exact) mass is 238 g/mol. The molecule has 0 aromatic rings. The van der Waals surface area contributed by atoms with Crippen LogP contribution >= 0.6 is 0 Å². The fourth-order valence-corrected chi connectivity index (χ4v) is 1.94. The van der Waals surface area contributed by atoms with Gasteiger partial charge >= 0.3 is 11.9 Å². The molecule has 0 aromatic carbocycles. The number of hydrogen-bond donors (Lipinski definition) is 0. The maximum absolute atomic E-state index is 11.1. The molecule has 96 valence electrons. The van der Waals surface area contributed by atoms with Crippen LogP contribution in [0.5, 0.6) is 0 Å². The molecule has 0 spiro atoms. The van der Waals surface area contributed by atoms with Gasteiger partial charge in [0.25, 0.3) is 0 Å². The first-order chi connectivity index (χ1) is 8.24. The van der Waals surface area contributed by atoms with Gasteiger partial charge in [0.2, 0.25) is 0 Å². The summed E-state index contributed by atoms with van der Waals surface area (Å²) in [6, 6.07) is 0. The van der Waals surface area contributed by atoms with Crippen LogP contribution < -0.4 is 0 Å². The molecule has 0 N–H and O–H groups in total. The summed E-state index contributed by atoms with van der Waals surface area (Å²) in [5, 5.41) is 0. The van der Waals surface area contributed by atoms with Crippen LogP contribution in [0.4, 0.5) is 0 Å². The molecular weight excluding hydrogens is 216 g/mol. The van der Waals surface area contributed by atoms with Gasteiger partial charge in [-0.15, -0.1) is 0 Å². The number of ether oxygens (including phenoxy) is 1. The summed E-state index contributed by atoms with van der Waals surface area (Å²) in [5.41, 5.74) is 0. The molecule has 0 aromatic heterocycles. The van der Waals surface area contributed by atoms with E-state index in [2.05, 4.69) is 11.7 Å². The molecule has 17 heavy (non-hydrogen) atoms. The van der Waals surface area contributed by atoms with Crippen molar-refractivity contribution < 1.29 is 14.3 Å². The van der Waals surface area contributed by atoms with E-state index in [1.165, 1.54) is 32.1 Å². The molecule has 0 aliphatic carbocycles. The highest BCUT2D eigenvalue weighted by molar-refractivity contribution is 5.95. The maximum atomic E-state index is 11.1. The van der Waals surface area contributed by atoms with E-state index in [-0.39, 0.29) is 12.3 Å². The average Bonchev–Trinajstić information content (AvgIpc) is 2.61. The summed E-state index contributed by atoms with van der Waals surface area (Å²) in [5.74, 6) is -1.12. The van der Waals surface area contributed by atoms with Gasteiger partial charge in [0.05, 0.1) is 12.3 Å². The maximum Gasteiger partial charge on any atom is 0.321 e. The Bertz CT molecular complexity index is 281. The lowest BCUT2D eigenvalue weighted by Crippen LogP contribution is -2.03.